The Hall–Kier alpha value is -1.09. The molecule has 4 aliphatic rings. The molecule has 0 amide bonds. The van der Waals surface area contributed by atoms with E-state index in [2.05, 4.69) is 41.2 Å². The fourth-order valence-electron chi connectivity index (χ4n) is 7.99. The standard InChI is InChI=1S/C29H46O3/c1-7-17-31-21-13-15-29(6)24-14-16-28(5)22(20(4)10-8-9-19(2)3)11-12-23(28)26(24)32-27(30)25(29)18-21/h7,19-23,25H,1,8-18H2,2-6H3/t20-,21+,22-,23+,25-,28-,29-/m1/s1. The summed E-state index contributed by atoms with van der Waals surface area (Å²) in [4.78, 5) is 13.3. The molecule has 0 N–H and O–H groups in total. The van der Waals surface area contributed by atoms with E-state index in [0.717, 1.165) is 49.2 Å². The highest BCUT2D eigenvalue weighted by atomic mass is 16.5. The lowest BCUT2D eigenvalue weighted by molar-refractivity contribution is -0.160. The molecule has 0 aromatic rings. The predicted molar refractivity (Wildman–Crippen MR) is 130 cm³/mol. The van der Waals surface area contributed by atoms with Crippen molar-refractivity contribution >= 4 is 5.97 Å². The maximum absolute atomic E-state index is 13.3. The monoisotopic (exact) mass is 442 g/mol. The van der Waals surface area contributed by atoms with Gasteiger partial charge in [-0.1, -0.05) is 60.0 Å². The topological polar surface area (TPSA) is 35.5 Å². The van der Waals surface area contributed by atoms with Gasteiger partial charge in [0.25, 0.3) is 0 Å². The fourth-order valence-corrected chi connectivity index (χ4v) is 7.99. The molecule has 3 aliphatic carbocycles. The number of rotatable bonds is 8. The van der Waals surface area contributed by atoms with Crippen LogP contribution in [-0.4, -0.2) is 18.7 Å². The predicted octanol–water partition coefficient (Wildman–Crippen LogP) is 7.46. The summed E-state index contributed by atoms with van der Waals surface area (Å²) in [5.41, 5.74) is 1.73. The lowest BCUT2D eigenvalue weighted by Gasteiger charge is -2.53. The summed E-state index contributed by atoms with van der Waals surface area (Å²) >= 11 is 0. The number of fused-ring (bicyclic) bond motifs is 4. The molecule has 7 atom stereocenters. The third-order valence-corrected chi connectivity index (χ3v) is 9.95. The molecule has 4 rings (SSSR count). The van der Waals surface area contributed by atoms with Crippen molar-refractivity contribution < 1.29 is 14.3 Å². The van der Waals surface area contributed by atoms with Crippen LogP contribution in [0.5, 0.6) is 0 Å². The average Bonchev–Trinajstić information content (AvgIpc) is 3.10. The molecular formula is C29H46O3. The van der Waals surface area contributed by atoms with Gasteiger partial charge in [-0.15, -0.1) is 6.58 Å². The van der Waals surface area contributed by atoms with Gasteiger partial charge in [0, 0.05) is 11.3 Å². The first-order chi connectivity index (χ1) is 15.2. The van der Waals surface area contributed by atoms with Gasteiger partial charge < -0.3 is 9.47 Å². The Balaban J connectivity index is 1.53. The zero-order valence-electron chi connectivity index (χ0n) is 21.3. The minimum absolute atomic E-state index is 0.0100. The molecule has 180 valence electrons. The summed E-state index contributed by atoms with van der Waals surface area (Å²) in [7, 11) is 0. The third kappa shape index (κ3) is 4.12. The van der Waals surface area contributed by atoms with E-state index in [4.69, 9.17) is 9.47 Å². The largest absolute Gasteiger partial charge is 0.431 e. The summed E-state index contributed by atoms with van der Waals surface area (Å²) < 4.78 is 12.2. The van der Waals surface area contributed by atoms with Crippen molar-refractivity contribution in [1.82, 2.24) is 0 Å². The van der Waals surface area contributed by atoms with Gasteiger partial charge in [0.15, 0.2) is 0 Å². The van der Waals surface area contributed by atoms with Crippen LogP contribution in [-0.2, 0) is 14.3 Å². The van der Waals surface area contributed by atoms with Crippen molar-refractivity contribution in [2.24, 2.45) is 40.4 Å². The van der Waals surface area contributed by atoms with Crippen molar-refractivity contribution in [3.05, 3.63) is 24.0 Å². The first-order valence-corrected chi connectivity index (χ1v) is 13.4. The molecule has 0 radical (unpaired) electrons. The Morgan fingerprint density at radius 3 is 2.62 bits per heavy atom. The number of esters is 1. The van der Waals surface area contributed by atoms with Crippen molar-refractivity contribution in [1.29, 1.82) is 0 Å². The Labute approximate surface area is 196 Å². The quantitative estimate of drug-likeness (QED) is 0.289. The average molecular weight is 443 g/mol. The van der Waals surface area contributed by atoms with Crippen LogP contribution in [0.15, 0.2) is 24.0 Å². The Kier molecular flexibility index (Phi) is 6.97. The summed E-state index contributed by atoms with van der Waals surface area (Å²) in [5.74, 6) is 3.79. The van der Waals surface area contributed by atoms with Crippen LogP contribution < -0.4 is 0 Å². The van der Waals surface area contributed by atoms with Crippen LogP contribution in [0.2, 0.25) is 0 Å². The van der Waals surface area contributed by atoms with E-state index in [1.54, 1.807) is 6.08 Å². The molecule has 32 heavy (non-hydrogen) atoms. The van der Waals surface area contributed by atoms with Gasteiger partial charge in [0.1, 0.15) is 5.76 Å². The molecule has 2 fully saturated rings. The van der Waals surface area contributed by atoms with E-state index in [0.29, 0.717) is 12.5 Å². The highest BCUT2D eigenvalue weighted by Gasteiger charge is 2.59. The highest BCUT2D eigenvalue weighted by Crippen LogP contribution is 2.65. The van der Waals surface area contributed by atoms with Crippen molar-refractivity contribution in [2.45, 2.75) is 105 Å². The van der Waals surface area contributed by atoms with Gasteiger partial charge in [-0.05, 0) is 73.7 Å². The molecule has 1 heterocycles. The Bertz CT molecular complexity index is 752. The van der Waals surface area contributed by atoms with E-state index in [1.807, 2.05) is 0 Å². The van der Waals surface area contributed by atoms with Crippen molar-refractivity contribution in [3.63, 3.8) is 0 Å². The number of hydrogen-bond acceptors (Lipinski definition) is 3. The van der Waals surface area contributed by atoms with Gasteiger partial charge in [-0.2, -0.15) is 0 Å². The van der Waals surface area contributed by atoms with Crippen molar-refractivity contribution in [2.75, 3.05) is 6.61 Å². The van der Waals surface area contributed by atoms with Crippen LogP contribution in [0, 0.1) is 40.4 Å². The third-order valence-electron chi connectivity index (χ3n) is 9.95. The molecule has 1 aliphatic heterocycles. The molecule has 0 aromatic heterocycles. The van der Waals surface area contributed by atoms with Crippen LogP contribution >= 0.6 is 0 Å². The van der Waals surface area contributed by atoms with E-state index in [-0.39, 0.29) is 28.8 Å². The second kappa shape index (κ2) is 9.28. The maximum atomic E-state index is 13.3. The first kappa shape index (κ1) is 24.0. The molecule has 3 heteroatoms. The molecule has 0 saturated heterocycles. The number of allylic oxidation sites excluding steroid dienone is 2. The van der Waals surface area contributed by atoms with Crippen molar-refractivity contribution in [3.8, 4) is 0 Å². The molecule has 0 aromatic carbocycles. The second-order valence-corrected chi connectivity index (χ2v) is 12.3. The molecule has 0 spiro atoms. The smallest absolute Gasteiger partial charge is 0.315 e. The summed E-state index contributed by atoms with van der Waals surface area (Å²) in [6, 6.07) is 0. The van der Waals surface area contributed by atoms with E-state index >= 15 is 0 Å². The Morgan fingerprint density at radius 2 is 1.91 bits per heavy atom. The van der Waals surface area contributed by atoms with E-state index < -0.39 is 0 Å². The zero-order chi connectivity index (χ0) is 23.1. The first-order valence-electron chi connectivity index (χ1n) is 13.4. The van der Waals surface area contributed by atoms with Gasteiger partial charge >= 0.3 is 5.97 Å². The SMILES string of the molecule is C=CCO[C@H]1CC[C@]2(C)C3=C(OC(=O)[C@H]2C1)[C@@H]1CC[C@H]([C@H](C)CCCC(C)C)[C@@]1(C)CC3. The molecule has 0 unspecified atom stereocenters. The van der Waals surface area contributed by atoms with E-state index in [1.165, 1.54) is 44.1 Å². The van der Waals surface area contributed by atoms with Gasteiger partial charge in [0.05, 0.1) is 18.6 Å². The molecular weight excluding hydrogens is 396 g/mol. The van der Waals surface area contributed by atoms with Gasteiger partial charge in [-0.25, -0.2) is 0 Å². The number of carbonyl (C=O) groups excluding carboxylic acids is 1. The number of carbonyl (C=O) groups is 1. The van der Waals surface area contributed by atoms with Gasteiger partial charge in [-0.3, -0.25) is 4.79 Å². The zero-order valence-corrected chi connectivity index (χ0v) is 21.3. The highest BCUT2D eigenvalue weighted by molar-refractivity contribution is 5.77. The summed E-state index contributed by atoms with van der Waals surface area (Å²) in [6.07, 6.45) is 13.7. The molecule has 0 bridgehead atoms. The van der Waals surface area contributed by atoms with Gasteiger partial charge in [0.2, 0.25) is 0 Å². The fraction of sp³-hybridized carbons (Fsp3) is 0.828. The molecule has 2 saturated carbocycles. The second-order valence-electron chi connectivity index (χ2n) is 12.3. The number of ether oxygens (including phenoxy) is 2. The van der Waals surface area contributed by atoms with Crippen LogP contribution in [0.1, 0.15) is 98.8 Å². The number of hydrogen-bond donors (Lipinski definition) is 0. The Morgan fingerprint density at radius 1 is 1.12 bits per heavy atom. The normalized spacial score (nSPS) is 39.9. The minimum atomic E-state index is -0.0543. The molecule has 3 nitrogen and oxygen atoms in total. The maximum Gasteiger partial charge on any atom is 0.315 e. The van der Waals surface area contributed by atoms with Crippen LogP contribution in [0.25, 0.3) is 0 Å². The lowest BCUT2D eigenvalue weighted by Crippen LogP contribution is -2.50. The van der Waals surface area contributed by atoms with Crippen LogP contribution in [0.3, 0.4) is 0 Å². The lowest BCUT2D eigenvalue weighted by atomic mass is 9.54. The van der Waals surface area contributed by atoms with E-state index in [9.17, 15) is 4.79 Å². The van der Waals surface area contributed by atoms with Crippen LogP contribution in [0.4, 0.5) is 0 Å². The summed E-state index contributed by atoms with van der Waals surface area (Å²) in [6.45, 7) is 16.3. The summed E-state index contributed by atoms with van der Waals surface area (Å²) in [5, 5.41) is 0. The minimum Gasteiger partial charge on any atom is -0.431 e.